The Morgan fingerprint density at radius 3 is 2.42 bits per heavy atom. The van der Waals surface area contributed by atoms with Crippen LogP contribution < -0.4 is 4.74 Å². The Bertz CT molecular complexity index is 1130. The fraction of sp³-hybridized carbons (Fsp3) is 0.292. The molecule has 0 saturated carbocycles. The summed E-state index contributed by atoms with van der Waals surface area (Å²) < 4.78 is 7.80. The van der Waals surface area contributed by atoms with Gasteiger partial charge in [0.25, 0.3) is 0 Å². The van der Waals surface area contributed by atoms with E-state index >= 15 is 0 Å². The van der Waals surface area contributed by atoms with E-state index in [4.69, 9.17) is 9.72 Å². The average Bonchev–Trinajstić information content (AvgIpc) is 3.38. The molecule has 7 heteroatoms. The van der Waals surface area contributed by atoms with Gasteiger partial charge in [-0.2, -0.15) is 0 Å². The lowest BCUT2D eigenvalue weighted by Gasteiger charge is -2.09. The van der Waals surface area contributed by atoms with Gasteiger partial charge >= 0.3 is 0 Å². The summed E-state index contributed by atoms with van der Waals surface area (Å²) in [6, 6.07) is 16.5. The Kier molecular flexibility index (Phi) is 6.73. The van der Waals surface area contributed by atoms with Crippen LogP contribution in [-0.4, -0.2) is 26.4 Å². The number of ether oxygens (including phenoxy) is 1. The second-order valence-corrected chi connectivity index (χ2v) is 9.69. The van der Waals surface area contributed by atoms with Crippen molar-refractivity contribution in [3.8, 4) is 27.7 Å². The molecule has 4 rings (SSSR count). The number of thioether (sulfide) groups is 1. The van der Waals surface area contributed by atoms with Gasteiger partial charge in [0.05, 0.1) is 12.3 Å². The van der Waals surface area contributed by atoms with Crippen LogP contribution in [0.5, 0.6) is 5.75 Å². The van der Waals surface area contributed by atoms with E-state index in [0.29, 0.717) is 12.5 Å². The van der Waals surface area contributed by atoms with Gasteiger partial charge in [0.15, 0.2) is 11.0 Å². The summed E-state index contributed by atoms with van der Waals surface area (Å²) in [6.45, 7) is 7.09. The number of benzene rings is 2. The van der Waals surface area contributed by atoms with Crippen molar-refractivity contribution >= 4 is 23.1 Å². The van der Waals surface area contributed by atoms with E-state index in [-0.39, 0.29) is 0 Å². The topological polar surface area (TPSA) is 52.8 Å². The first-order chi connectivity index (χ1) is 15.0. The second kappa shape index (κ2) is 9.66. The molecule has 0 aliphatic rings. The highest BCUT2D eigenvalue weighted by Crippen LogP contribution is 2.29. The van der Waals surface area contributed by atoms with E-state index in [1.54, 1.807) is 23.1 Å². The first-order valence-electron chi connectivity index (χ1n) is 10.3. The van der Waals surface area contributed by atoms with Crippen molar-refractivity contribution in [3.05, 3.63) is 65.2 Å². The molecular formula is C24H26N4OS2. The molecule has 2 heterocycles. The fourth-order valence-corrected chi connectivity index (χ4v) is 4.73. The van der Waals surface area contributed by atoms with Gasteiger partial charge in [-0.1, -0.05) is 55.4 Å². The Morgan fingerprint density at radius 2 is 1.71 bits per heavy atom. The molecule has 2 aromatic heterocycles. The van der Waals surface area contributed by atoms with Gasteiger partial charge in [-0.25, -0.2) is 4.98 Å². The molecular weight excluding hydrogens is 424 g/mol. The van der Waals surface area contributed by atoms with Gasteiger partial charge in [0.1, 0.15) is 10.8 Å². The van der Waals surface area contributed by atoms with Crippen molar-refractivity contribution in [3.63, 3.8) is 0 Å². The number of hydrogen-bond donors (Lipinski definition) is 0. The average molecular weight is 451 g/mol. The van der Waals surface area contributed by atoms with E-state index in [1.165, 1.54) is 5.56 Å². The maximum Gasteiger partial charge on any atom is 0.191 e. The smallest absolute Gasteiger partial charge is 0.191 e. The molecule has 0 bridgehead atoms. The standard InChI is InChI=1S/C24H26N4OS2/c1-16(2)13-29-21-11-9-18(10-12-21)22-26-27-24(28(22)4)31-15-20-14-30-23(25-20)19-7-5-17(3)6-8-19/h5-12,14,16H,13,15H2,1-4H3. The fourth-order valence-electron chi connectivity index (χ4n) is 3.00. The Hall–Kier alpha value is -2.64. The van der Waals surface area contributed by atoms with Crippen LogP contribution in [0.1, 0.15) is 25.1 Å². The molecule has 31 heavy (non-hydrogen) atoms. The molecule has 0 N–H and O–H groups in total. The molecule has 0 atom stereocenters. The lowest BCUT2D eigenvalue weighted by atomic mass is 10.2. The largest absolute Gasteiger partial charge is 0.493 e. The van der Waals surface area contributed by atoms with Crippen molar-refractivity contribution in [2.75, 3.05) is 6.61 Å². The van der Waals surface area contributed by atoms with E-state index in [9.17, 15) is 0 Å². The molecule has 0 aliphatic carbocycles. The van der Waals surface area contributed by atoms with E-state index in [2.05, 4.69) is 60.6 Å². The minimum Gasteiger partial charge on any atom is -0.493 e. The third-order valence-corrected chi connectivity index (χ3v) is 6.72. The number of rotatable bonds is 8. The number of nitrogens with zero attached hydrogens (tertiary/aromatic N) is 4. The molecule has 0 aliphatic heterocycles. The Labute approximate surface area is 191 Å². The summed E-state index contributed by atoms with van der Waals surface area (Å²) in [6.07, 6.45) is 0. The second-order valence-electron chi connectivity index (χ2n) is 7.89. The Morgan fingerprint density at radius 1 is 1.00 bits per heavy atom. The van der Waals surface area contributed by atoms with Crippen LogP contribution in [0.4, 0.5) is 0 Å². The third-order valence-electron chi connectivity index (χ3n) is 4.73. The van der Waals surface area contributed by atoms with Gasteiger partial charge in [-0.15, -0.1) is 21.5 Å². The van der Waals surface area contributed by atoms with E-state index in [1.807, 2.05) is 35.9 Å². The highest BCUT2D eigenvalue weighted by atomic mass is 32.2. The molecule has 0 unspecified atom stereocenters. The first kappa shape index (κ1) is 21.6. The number of hydrogen-bond acceptors (Lipinski definition) is 6. The van der Waals surface area contributed by atoms with Gasteiger partial charge in [0, 0.05) is 29.3 Å². The molecule has 4 aromatic rings. The van der Waals surface area contributed by atoms with E-state index < -0.39 is 0 Å². The molecule has 0 fully saturated rings. The predicted octanol–water partition coefficient (Wildman–Crippen LogP) is 6.24. The van der Waals surface area contributed by atoms with Crippen molar-refractivity contribution < 1.29 is 4.74 Å². The van der Waals surface area contributed by atoms with Crippen molar-refractivity contribution in [1.82, 2.24) is 19.7 Å². The quantitative estimate of drug-likeness (QED) is 0.297. The number of aromatic nitrogens is 4. The van der Waals surface area contributed by atoms with Gasteiger partial charge in [-0.05, 0) is 37.1 Å². The van der Waals surface area contributed by atoms with Crippen molar-refractivity contribution in [2.24, 2.45) is 13.0 Å². The number of thiazole rings is 1. The summed E-state index contributed by atoms with van der Waals surface area (Å²) in [5, 5.41) is 12.8. The van der Waals surface area contributed by atoms with Crippen LogP contribution >= 0.6 is 23.1 Å². The van der Waals surface area contributed by atoms with Crippen LogP contribution in [-0.2, 0) is 12.8 Å². The maximum absolute atomic E-state index is 5.77. The van der Waals surface area contributed by atoms with Gasteiger partial charge in [0.2, 0.25) is 0 Å². The summed E-state index contributed by atoms with van der Waals surface area (Å²) >= 11 is 3.33. The van der Waals surface area contributed by atoms with Crippen molar-refractivity contribution in [1.29, 1.82) is 0 Å². The van der Waals surface area contributed by atoms with Crippen LogP contribution in [0.2, 0.25) is 0 Å². The highest BCUT2D eigenvalue weighted by molar-refractivity contribution is 7.98. The van der Waals surface area contributed by atoms with Crippen LogP contribution in [0, 0.1) is 12.8 Å². The molecule has 0 radical (unpaired) electrons. The van der Waals surface area contributed by atoms with Crippen LogP contribution in [0.25, 0.3) is 22.0 Å². The summed E-state index contributed by atoms with van der Waals surface area (Å²) in [7, 11) is 2.00. The van der Waals surface area contributed by atoms with E-state index in [0.717, 1.165) is 44.3 Å². The van der Waals surface area contributed by atoms with Gasteiger partial charge in [-0.3, -0.25) is 0 Å². The molecule has 2 aromatic carbocycles. The monoisotopic (exact) mass is 450 g/mol. The van der Waals surface area contributed by atoms with Crippen LogP contribution in [0.3, 0.4) is 0 Å². The summed E-state index contributed by atoms with van der Waals surface area (Å²) in [5.41, 5.74) is 4.50. The van der Waals surface area contributed by atoms with Gasteiger partial charge < -0.3 is 9.30 Å². The minimum absolute atomic E-state index is 0.503. The third kappa shape index (κ3) is 5.35. The minimum atomic E-state index is 0.503. The molecule has 160 valence electrons. The summed E-state index contributed by atoms with van der Waals surface area (Å²) in [4.78, 5) is 4.79. The first-order valence-corrected chi connectivity index (χ1v) is 12.1. The SMILES string of the molecule is Cc1ccc(-c2nc(CSc3nnc(-c4ccc(OCC(C)C)cc4)n3C)cs2)cc1. The molecule has 5 nitrogen and oxygen atoms in total. The highest BCUT2D eigenvalue weighted by Gasteiger charge is 2.13. The lowest BCUT2D eigenvalue weighted by Crippen LogP contribution is -2.04. The molecule has 0 amide bonds. The Balaban J connectivity index is 1.40. The van der Waals surface area contributed by atoms with Crippen LogP contribution in [0.15, 0.2) is 59.1 Å². The normalized spacial score (nSPS) is 11.3. The zero-order valence-electron chi connectivity index (χ0n) is 18.2. The van der Waals surface area contributed by atoms with Crippen molar-refractivity contribution in [2.45, 2.75) is 31.7 Å². The zero-order valence-corrected chi connectivity index (χ0v) is 19.8. The number of aryl methyl sites for hydroxylation is 1. The molecule has 0 spiro atoms. The lowest BCUT2D eigenvalue weighted by molar-refractivity contribution is 0.271. The maximum atomic E-state index is 5.77. The predicted molar refractivity (Wildman–Crippen MR) is 129 cm³/mol. The summed E-state index contributed by atoms with van der Waals surface area (Å²) in [5.74, 6) is 2.98. The zero-order chi connectivity index (χ0) is 21.8. The molecule has 0 saturated heterocycles.